The molecule has 3 rings (SSSR count). The molecule has 3 fully saturated rings. The van der Waals surface area contributed by atoms with E-state index in [1.807, 2.05) is 34.6 Å². The third-order valence-corrected chi connectivity index (χ3v) is 10.1. The Morgan fingerprint density at radius 2 is 1.57 bits per heavy atom. The van der Waals surface area contributed by atoms with Gasteiger partial charge < -0.3 is 36.2 Å². The molecule has 12 heteroatoms. The van der Waals surface area contributed by atoms with Crippen LogP contribution in [0.25, 0.3) is 0 Å². The molecule has 51 heavy (non-hydrogen) atoms. The molecule has 5 N–H and O–H groups in total. The highest BCUT2D eigenvalue weighted by molar-refractivity contribution is 6.01. The van der Waals surface area contributed by atoms with Gasteiger partial charge in [0.25, 0.3) is 0 Å². The normalized spacial score (nSPS) is 22.1. The average molecular weight is 715 g/mol. The van der Waals surface area contributed by atoms with Crippen LogP contribution in [0.5, 0.6) is 0 Å². The van der Waals surface area contributed by atoms with Crippen molar-refractivity contribution in [3.8, 4) is 12.3 Å². The third kappa shape index (κ3) is 12.8. The van der Waals surface area contributed by atoms with Crippen molar-refractivity contribution in [2.24, 2.45) is 22.7 Å². The molecule has 1 saturated heterocycles. The maximum Gasteiger partial charge on any atom is 0.407 e. The van der Waals surface area contributed by atoms with Crippen LogP contribution in [0.3, 0.4) is 0 Å². The molecule has 6 atom stereocenters. The molecule has 288 valence electrons. The number of ketones is 1. The number of hydrogen-bond acceptors (Lipinski definition) is 7. The van der Waals surface area contributed by atoms with Crippen molar-refractivity contribution in [2.45, 2.75) is 144 Å². The van der Waals surface area contributed by atoms with E-state index in [1.165, 1.54) is 6.42 Å². The molecular weight excluding hydrogens is 648 g/mol. The maximum absolute atomic E-state index is 14.6. The summed E-state index contributed by atoms with van der Waals surface area (Å²) >= 11 is 0. The Bertz CT molecular complexity index is 1250. The zero-order valence-corrected chi connectivity index (χ0v) is 32.5. The number of hydrogen-bond donors (Lipinski definition) is 5. The van der Waals surface area contributed by atoms with Crippen LogP contribution in [0.2, 0.25) is 0 Å². The number of urea groups is 1. The minimum atomic E-state index is -0.888. The summed E-state index contributed by atoms with van der Waals surface area (Å²) in [4.78, 5) is 69.1. The van der Waals surface area contributed by atoms with Gasteiger partial charge in [-0.15, -0.1) is 12.3 Å². The summed E-state index contributed by atoms with van der Waals surface area (Å²) in [5.41, 5.74) is -0.798. The van der Waals surface area contributed by atoms with Gasteiger partial charge in [0.1, 0.15) is 18.7 Å². The van der Waals surface area contributed by atoms with Crippen LogP contribution in [-0.2, 0) is 19.1 Å². The summed E-state index contributed by atoms with van der Waals surface area (Å²) in [6.45, 7) is 20.9. The first-order chi connectivity index (χ1) is 24.1. The van der Waals surface area contributed by atoms with E-state index in [1.54, 1.807) is 11.8 Å². The molecule has 4 unspecified atom stereocenters. The lowest BCUT2D eigenvalue weighted by Crippen LogP contribution is -2.62. The van der Waals surface area contributed by atoms with Crippen molar-refractivity contribution in [3.63, 3.8) is 0 Å². The van der Waals surface area contributed by atoms with Gasteiger partial charge in [-0.3, -0.25) is 14.4 Å². The molecule has 1 heterocycles. The van der Waals surface area contributed by atoms with E-state index in [-0.39, 0.29) is 42.3 Å². The van der Waals surface area contributed by atoms with Gasteiger partial charge in [0.2, 0.25) is 11.8 Å². The van der Waals surface area contributed by atoms with Crippen LogP contribution < -0.4 is 26.6 Å². The summed E-state index contributed by atoms with van der Waals surface area (Å²) in [7, 11) is 0. The molecule has 1 aliphatic heterocycles. The van der Waals surface area contributed by atoms with Crippen molar-refractivity contribution in [1.82, 2.24) is 31.5 Å². The van der Waals surface area contributed by atoms with E-state index in [0.717, 1.165) is 44.9 Å². The first kappa shape index (κ1) is 43.4. The first-order valence-electron chi connectivity index (χ1n) is 19.1. The summed E-state index contributed by atoms with van der Waals surface area (Å²) in [6.07, 6.45) is 13.0. The van der Waals surface area contributed by atoms with Gasteiger partial charge >= 0.3 is 12.1 Å². The number of terminal acetylenes is 1. The third-order valence-electron chi connectivity index (χ3n) is 10.1. The minimum Gasteiger partial charge on any atom is -0.447 e. The summed E-state index contributed by atoms with van der Waals surface area (Å²) in [5, 5.41) is 14.4. The number of piperidine rings is 1. The van der Waals surface area contributed by atoms with E-state index in [9.17, 15) is 24.0 Å². The molecule has 2 aliphatic carbocycles. The number of nitrogens with one attached hydrogen (secondary N) is 5. The van der Waals surface area contributed by atoms with Crippen LogP contribution in [0.1, 0.15) is 120 Å². The number of rotatable bonds is 15. The van der Waals surface area contributed by atoms with E-state index >= 15 is 0 Å². The Morgan fingerprint density at radius 1 is 0.961 bits per heavy atom. The number of nitrogens with zero attached hydrogens (tertiary/aromatic N) is 1. The van der Waals surface area contributed by atoms with Crippen LogP contribution >= 0.6 is 0 Å². The van der Waals surface area contributed by atoms with Crippen LogP contribution in [0, 0.1) is 35.0 Å². The van der Waals surface area contributed by atoms with Gasteiger partial charge in [-0.25, -0.2) is 9.59 Å². The largest absolute Gasteiger partial charge is 0.447 e. The Morgan fingerprint density at radius 3 is 2.12 bits per heavy atom. The average Bonchev–Trinajstić information content (AvgIpc) is 3.78. The lowest BCUT2D eigenvalue weighted by molar-refractivity contribution is -0.144. The number of carbonyl (C=O) groups is 5. The van der Waals surface area contributed by atoms with E-state index in [0.29, 0.717) is 26.1 Å². The summed E-state index contributed by atoms with van der Waals surface area (Å²) < 4.78 is 5.36. The number of ether oxygens (including phenoxy) is 1. The molecular formula is C39H66N6O6. The van der Waals surface area contributed by atoms with Crippen molar-refractivity contribution in [3.05, 3.63) is 12.3 Å². The summed E-state index contributed by atoms with van der Waals surface area (Å²) in [5.74, 6) is 1.69. The quantitative estimate of drug-likeness (QED) is 0.0905. The smallest absolute Gasteiger partial charge is 0.407 e. The maximum atomic E-state index is 14.6. The number of amides is 5. The predicted octanol–water partition coefficient (Wildman–Crippen LogP) is 5.03. The second kappa shape index (κ2) is 20.3. The van der Waals surface area contributed by atoms with Gasteiger partial charge in [0.05, 0.1) is 17.8 Å². The standard InChI is InChI=1S/C36H58N6O6.C3H8/c1-9-12-17-26(29(43)23(4)37-10-2)39-31(44)28-25-20-24(25)21-42(28)32(45)30(36(8)18-15-13-14-16-19-36)41-33(46)40-27(35(5,6)7)22-48-34(47)38-11-3;1-3-2/h1,24-28,30,37H,4,10-22H2,2-3,5-8H3,(H,38,47)(H,39,44)(H2,40,41,46);3H2,1-2H3/t24-,25-,26?,27?,28?,30?;/m0./s1. The van der Waals surface area contributed by atoms with Crippen LogP contribution in [0.15, 0.2) is 12.3 Å². The molecule has 0 aromatic carbocycles. The van der Waals surface area contributed by atoms with Gasteiger partial charge in [-0.1, -0.05) is 80.2 Å². The molecule has 3 aliphatic rings. The van der Waals surface area contributed by atoms with Gasteiger partial charge in [0.15, 0.2) is 5.78 Å². The van der Waals surface area contributed by atoms with Crippen molar-refractivity contribution >= 4 is 29.7 Å². The second-order valence-corrected chi connectivity index (χ2v) is 15.6. The molecule has 0 radical (unpaired) electrons. The Labute approximate surface area is 306 Å². The van der Waals surface area contributed by atoms with Crippen LogP contribution in [0.4, 0.5) is 9.59 Å². The molecule has 5 amide bonds. The van der Waals surface area contributed by atoms with E-state index < -0.39 is 53.0 Å². The topological polar surface area (TPSA) is 158 Å². The Kier molecular flexibility index (Phi) is 17.3. The zero-order valence-electron chi connectivity index (χ0n) is 32.5. The highest BCUT2D eigenvalue weighted by Gasteiger charge is 2.59. The van der Waals surface area contributed by atoms with Crippen molar-refractivity contribution in [1.29, 1.82) is 0 Å². The Hall–Kier alpha value is -3.75. The molecule has 0 spiro atoms. The van der Waals surface area contributed by atoms with E-state index in [4.69, 9.17) is 11.2 Å². The lowest BCUT2D eigenvalue weighted by Gasteiger charge is -2.41. The van der Waals surface area contributed by atoms with Crippen molar-refractivity contribution in [2.75, 3.05) is 26.2 Å². The SMILES string of the molecule is C#CCCC(NC(=O)C1[C@H]2C[C@H]2CN1C(=O)C(NC(=O)NC(COC(=O)NCC)C(C)(C)C)C1(C)CCCCCC1)C(=O)C(=C)NCC.CCC. The zero-order chi connectivity index (χ0) is 38.4. The fourth-order valence-corrected chi connectivity index (χ4v) is 7.01. The minimum absolute atomic E-state index is 0.0117. The number of carbonyl (C=O) groups excluding carboxylic acids is 5. The number of Topliss-reactive ketones (excluding diaryl/α,β-unsaturated/α-hetero) is 1. The molecule has 0 aromatic rings. The summed E-state index contributed by atoms with van der Waals surface area (Å²) in [6, 6.07) is -3.59. The lowest BCUT2D eigenvalue weighted by atomic mass is 9.75. The number of alkyl carbamates (subject to hydrolysis) is 1. The Balaban J connectivity index is 0.00000290. The highest BCUT2D eigenvalue weighted by atomic mass is 16.5. The predicted molar refractivity (Wildman–Crippen MR) is 200 cm³/mol. The molecule has 0 aromatic heterocycles. The van der Waals surface area contributed by atoms with Gasteiger partial charge in [-0.05, 0) is 62.2 Å². The molecule has 2 saturated carbocycles. The molecule has 0 bridgehead atoms. The van der Waals surface area contributed by atoms with Gasteiger partial charge in [0, 0.05) is 26.1 Å². The highest BCUT2D eigenvalue weighted by Crippen LogP contribution is 2.50. The fourth-order valence-electron chi connectivity index (χ4n) is 7.01. The first-order valence-corrected chi connectivity index (χ1v) is 19.1. The number of fused-ring (bicyclic) bond motifs is 1. The number of likely N-dealkylation sites (N-methyl/N-ethyl adjacent to an activating group) is 1. The monoisotopic (exact) mass is 715 g/mol. The van der Waals surface area contributed by atoms with Crippen LogP contribution in [-0.4, -0.2) is 85.0 Å². The van der Waals surface area contributed by atoms with E-state index in [2.05, 4.69) is 52.9 Å². The molecule has 12 nitrogen and oxygen atoms in total. The second-order valence-electron chi connectivity index (χ2n) is 15.6. The van der Waals surface area contributed by atoms with Crippen molar-refractivity contribution < 1.29 is 28.7 Å². The fraction of sp³-hybridized carbons (Fsp3) is 0.769. The van der Waals surface area contributed by atoms with Gasteiger partial charge in [-0.2, -0.15) is 0 Å². The number of likely N-dealkylation sites (tertiary alicyclic amines) is 1.